The lowest BCUT2D eigenvalue weighted by atomic mass is 10.0. The van der Waals surface area contributed by atoms with Crippen molar-refractivity contribution in [2.45, 2.75) is 33.2 Å². The van der Waals surface area contributed by atoms with Crippen molar-refractivity contribution in [3.05, 3.63) is 24.0 Å². The Morgan fingerprint density at radius 1 is 1.20 bits per heavy atom. The van der Waals surface area contributed by atoms with E-state index in [4.69, 9.17) is 0 Å². The fraction of sp³-hybridized carbons (Fsp3) is 0.538. The lowest BCUT2D eigenvalue weighted by molar-refractivity contribution is 0.800. The van der Waals surface area contributed by atoms with E-state index in [9.17, 15) is 0 Å². The second-order valence-corrected chi connectivity index (χ2v) is 4.88. The molecule has 0 spiro atoms. The van der Waals surface area contributed by atoms with Crippen molar-refractivity contribution in [1.82, 2.24) is 24.7 Å². The molecule has 0 aliphatic carbocycles. The van der Waals surface area contributed by atoms with Crippen LogP contribution in [0, 0.1) is 0 Å². The smallest absolute Gasteiger partial charge is 0.151 e. The highest BCUT2D eigenvalue weighted by atomic mass is 15.3. The molecule has 0 aromatic carbocycles. The van der Waals surface area contributed by atoms with Crippen molar-refractivity contribution in [2.24, 2.45) is 7.05 Å². The number of hydrogen-bond donors (Lipinski definition) is 2. The molecular formula is C13H21N7. The number of rotatable bonds is 6. The summed E-state index contributed by atoms with van der Waals surface area (Å²) in [6.45, 7) is 7.73. The zero-order valence-corrected chi connectivity index (χ0v) is 12.4. The first-order valence-electron chi connectivity index (χ1n) is 6.79. The van der Waals surface area contributed by atoms with E-state index in [0.29, 0.717) is 12.5 Å². The van der Waals surface area contributed by atoms with Crippen LogP contribution < -0.4 is 10.6 Å². The summed E-state index contributed by atoms with van der Waals surface area (Å²) in [4.78, 5) is 8.67. The van der Waals surface area contributed by atoms with Crippen molar-refractivity contribution < 1.29 is 0 Å². The molecule has 0 aliphatic heterocycles. The van der Waals surface area contributed by atoms with Crippen molar-refractivity contribution >= 4 is 11.6 Å². The van der Waals surface area contributed by atoms with E-state index in [1.165, 1.54) is 0 Å². The maximum absolute atomic E-state index is 4.35. The van der Waals surface area contributed by atoms with Gasteiger partial charge in [0.05, 0.1) is 6.54 Å². The van der Waals surface area contributed by atoms with Crippen LogP contribution >= 0.6 is 0 Å². The SMILES string of the molecule is CCNc1ncnc(NCc2nncn2C)c1C(C)C. The summed E-state index contributed by atoms with van der Waals surface area (Å²) >= 11 is 0. The predicted molar refractivity (Wildman–Crippen MR) is 78.6 cm³/mol. The van der Waals surface area contributed by atoms with Crippen LogP contribution in [0.25, 0.3) is 0 Å². The second kappa shape index (κ2) is 6.31. The fourth-order valence-electron chi connectivity index (χ4n) is 2.02. The number of hydrogen-bond acceptors (Lipinski definition) is 6. The molecule has 2 aromatic rings. The van der Waals surface area contributed by atoms with E-state index in [0.717, 1.165) is 29.6 Å². The molecule has 7 nitrogen and oxygen atoms in total. The minimum atomic E-state index is 0.326. The Morgan fingerprint density at radius 2 is 1.90 bits per heavy atom. The molecule has 0 bridgehead atoms. The third kappa shape index (κ3) is 3.04. The van der Waals surface area contributed by atoms with E-state index in [1.807, 2.05) is 11.6 Å². The molecule has 0 saturated carbocycles. The van der Waals surface area contributed by atoms with Gasteiger partial charge in [-0.3, -0.25) is 0 Å². The molecule has 20 heavy (non-hydrogen) atoms. The third-order valence-electron chi connectivity index (χ3n) is 3.02. The molecule has 2 heterocycles. The molecule has 7 heteroatoms. The summed E-state index contributed by atoms with van der Waals surface area (Å²) < 4.78 is 1.88. The van der Waals surface area contributed by atoms with Gasteiger partial charge in [-0.25, -0.2) is 9.97 Å². The molecule has 0 radical (unpaired) electrons. The van der Waals surface area contributed by atoms with Crippen molar-refractivity contribution in [3.63, 3.8) is 0 Å². The van der Waals surface area contributed by atoms with Gasteiger partial charge in [-0.05, 0) is 12.8 Å². The molecular weight excluding hydrogens is 254 g/mol. The Hall–Kier alpha value is -2.18. The van der Waals surface area contributed by atoms with Gasteiger partial charge in [-0.15, -0.1) is 10.2 Å². The second-order valence-electron chi connectivity index (χ2n) is 4.88. The third-order valence-corrected chi connectivity index (χ3v) is 3.02. The highest BCUT2D eigenvalue weighted by molar-refractivity contribution is 5.58. The Kier molecular flexibility index (Phi) is 4.49. The van der Waals surface area contributed by atoms with Crippen LogP contribution in [-0.2, 0) is 13.6 Å². The van der Waals surface area contributed by atoms with Crippen LogP contribution in [0.15, 0.2) is 12.7 Å². The van der Waals surface area contributed by atoms with E-state index in [2.05, 4.69) is 51.6 Å². The van der Waals surface area contributed by atoms with Gasteiger partial charge in [-0.2, -0.15) is 0 Å². The Bertz CT molecular complexity index is 562. The van der Waals surface area contributed by atoms with Crippen LogP contribution in [0.4, 0.5) is 11.6 Å². The van der Waals surface area contributed by atoms with Gasteiger partial charge in [0, 0.05) is 19.2 Å². The number of nitrogens with zero attached hydrogens (tertiary/aromatic N) is 5. The zero-order valence-electron chi connectivity index (χ0n) is 12.4. The van der Waals surface area contributed by atoms with E-state index >= 15 is 0 Å². The lowest BCUT2D eigenvalue weighted by Gasteiger charge is -2.17. The van der Waals surface area contributed by atoms with Crippen molar-refractivity contribution in [1.29, 1.82) is 0 Å². The summed E-state index contributed by atoms with van der Waals surface area (Å²) in [6.07, 6.45) is 3.26. The fourth-order valence-corrected chi connectivity index (χ4v) is 2.02. The number of aromatic nitrogens is 5. The summed E-state index contributed by atoms with van der Waals surface area (Å²) in [7, 11) is 1.92. The topological polar surface area (TPSA) is 80.6 Å². The van der Waals surface area contributed by atoms with Gasteiger partial charge in [0.1, 0.15) is 24.3 Å². The van der Waals surface area contributed by atoms with Crippen LogP contribution in [0.3, 0.4) is 0 Å². The molecule has 0 atom stereocenters. The molecule has 0 saturated heterocycles. The molecule has 2 aromatic heterocycles. The quantitative estimate of drug-likeness (QED) is 0.836. The lowest BCUT2D eigenvalue weighted by Crippen LogP contribution is -2.12. The van der Waals surface area contributed by atoms with Crippen LogP contribution in [-0.4, -0.2) is 31.3 Å². The first-order chi connectivity index (χ1) is 9.63. The molecule has 2 N–H and O–H groups in total. The minimum Gasteiger partial charge on any atom is -0.370 e. The largest absolute Gasteiger partial charge is 0.370 e. The monoisotopic (exact) mass is 275 g/mol. The average Bonchev–Trinajstić information content (AvgIpc) is 2.82. The van der Waals surface area contributed by atoms with Gasteiger partial charge >= 0.3 is 0 Å². The van der Waals surface area contributed by atoms with Gasteiger partial charge in [0.15, 0.2) is 5.82 Å². The first-order valence-corrected chi connectivity index (χ1v) is 6.79. The minimum absolute atomic E-state index is 0.326. The summed E-state index contributed by atoms with van der Waals surface area (Å²) in [5.74, 6) is 2.92. The van der Waals surface area contributed by atoms with Gasteiger partial charge in [-0.1, -0.05) is 13.8 Å². The molecule has 108 valence electrons. The van der Waals surface area contributed by atoms with Gasteiger partial charge < -0.3 is 15.2 Å². The predicted octanol–water partition coefficient (Wildman–Crippen LogP) is 1.77. The molecule has 0 unspecified atom stereocenters. The summed E-state index contributed by atoms with van der Waals surface area (Å²) in [6, 6.07) is 0. The van der Waals surface area contributed by atoms with Gasteiger partial charge in [0.2, 0.25) is 0 Å². The normalized spacial score (nSPS) is 10.8. The maximum atomic E-state index is 4.35. The van der Waals surface area contributed by atoms with Gasteiger partial charge in [0.25, 0.3) is 0 Å². The summed E-state index contributed by atoms with van der Waals surface area (Å²) in [5.41, 5.74) is 1.09. The highest BCUT2D eigenvalue weighted by Crippen LogP contribution is 2.28. The number of anilines is 2. The molecule has 2 rings (SSSR count). The molecule has 0 aliphatic rings. The van der Waals surface area contributed by atoms with Crippen LogP contribution in [0.1, 0.15) is 38.1 Å². The van der Waals surface area contributed by atoms with E-state index in [1.54, 1.807) is 12.7 Å². The Labute approximate surface area is 118 Å². The highest BCUT2D eigenvalue weighted by Gasteiger charge is 2.14. The Balaban J connectivity index is 2.22. The van der Waals surface area contributed by atoms with Crippen molar-refractivity contribution in [2.75, 3.05) is 17.2 Å². The first kappa shape index (κ1) is 14.2. The van der Waals surface area contributed by atoms with Crippen LogP contribution in [0.5, 0.6) is 0 Å². The zero-order chi connectivity index (χ0) is 14.5. The standard InChI is InChI=1S/C13H21N7/c1-5-14-12-11(9(2)3)13(17-7-16-12)15-6-10-19-18-8-20(10)4/h7-9H,5-6H2,1-4H3,(H2,14,15,16,17). The maximum Gasteiger partial charge on any atom is 0.151 e. The Morgan fingerprint density at radius 3 is 2.45 bits per heavy atom. The molecule has 0 fully saturated rings. The average molecular weight is 275 g/mol. The summed E-state index contributed by atoms with van der Waals surface area (Å²) in [5, 5.41) is 14.5. The number of nitrogens with one attached hydrogen (secondary N) is 2. The number of aryl methyl sites for hydroxylation is 1. The van der Waals surface area contributed by atoms with E-state index < -0.39 is 0 Å². The van der Waals surface area contributed by atoms with Crippen molar-refractivity contribution in [3.8, 4) is 0 Å². The molecule has 0 amide bonds. The van der Waals surface area contributed by atoms with E-state index in [-0.39, 0.29) is 0 Å². The van der Waals surface area contributed by atoms with Crippen LogP contribution in [0.2, 0.25) is 0 Å².